The molecule has 2 heterocycles. The van der Waals surface area contributed by atoms with E-state index in [9.17, 15) is 19.2 Å². The monoisotopic (exact) mass is 599 g/mol. The lowest BCUT2D eigenvalue weighted by atomic mass is 9.89. The van der Waals surface area contributed by atoms with Crippen molar-refractivity contribution in [3.8, 4) is 5.75 Å². The second kappa shape index (κ2) is 13.4. The molecule has 1 saturated carbocycles. The molecule has 2 aromatic rings. The molecule has 4 rings (SSSR count). The van der Waals surface area contributed by atoms with Crippen LogP contribution in [0.25, 0.3) is 0 Å². The Morgan fingerprint density at radius 1 is 1.07 bits per heavy atom. The van der Waals surface area contributed by atoms with Gasteiger partial charge in [0, 0.05) is 42.5 Å². The Bertz CT molecular complexity index is 1300. The Morgan fingerprint density at radius 3 is 2.43 bits per heavy atom. The summed E-state index contributed by atoms with van der Waals surface area (Å²) in [6.07, 6.45) is 3.78. The van der Waals surface area contributed by atoms with Gasteiger partial charge in [-0.2, -0.15) is 0 Å². The van der Waals surface area contributed by atoms with E-state index < -0.39 is 11.7 Å². The van der Waals surface area contributed by atoms with Crippen LogP contribution in [0.5, 0.6) is 5.75 Å². The van der Waals surface area contributed by atoms with Crippen LogP contribution in [0.4, 0.5) is 10.6 Å². The number of amides is 4. The van der Waals surface area contributed by atoms with Crippen LogP contribution in [0.2, 0.25) is 5.02 Å². The van der Waals surface area contributed by atoms with Gasteiger partial charge in [0.05, 0.1) is 18.6 Å². The van der Waals surface area contributed by atoms with Gasteiger partial charge in [-0.15, -0.1) is 0 Å². The third kappa shape index (κ3) is 8.12. The first-order chi connectivity index (χ1) is 19.9. The quantitative estimate of drug-likeness (QED) is 0.491. The molecule has 1 aliphatic heterocycles. The number of aromatic nitrogens is 1. The fourth-order valence-electron chi connectivity index (χ4n) is 5.30. The van der Waals surface area contributed by atoms with Gasteiger partial charge >= 0.3 is 6.09 Å². The van der Waals surface area contributed by atoms with Crippen LogP contribution in [-0.4, -0.2) is 83.0 Å². The van der Waals surface area contributed by atoms with Crippen molar-refractivity contribution in [2.45, 2.75) is 70.6 Å². The zero-order valence-corrected chi connectivity index (χ0v) is 25.2. The first-order valence-electron chi connectivity index (χ1n) is 14.1. The summed E-state index contributed by atoms with van der Waals surface area (Å²) in [7, 11) is 1.50. The summed E-state index contributed by atoms with van der Waals surface area (Å²) in [5.41, 5.74) is 0.225. The predicted octanol–water partition coefficient (Wildman–Crippen LogP) is 4.05. The van der Waals surface area contributed by atoms with E-state index in [2.05, 4.69) is 15.6 Å². The molecule has 0 bridgehead atoms. The van der Waals surface area contributed by atoms with Crippen LogP contribution in [0.1, 0.15) is 62.4 Å². The highest BCUT2D eigenvalue weighted by molar-refractivity contribution is 6.30. The molecule has 1 aromatic carbocycles. The number of methoxy groups -OCH3 is 1. The molecule has 2 aliphatic rings. The Morgan fingerprint density at radius 2 is 1.81 bits per heavy atom. The number of pyridine rings is 1. The Balaban J connectivity index is 1.32. The number of nitrogens with zero attached hydrogens (tertiary/aromatic N) is 3. The van der Waals surface area contributed by atoms with Crippen molar-refractivity contribution < 1.29 is 28.7 Å². The van der Waals surface area contributed by atoms with Gasteiger partial charge in [0.15, 0.2) is 0 Å². The Labute approximate surface area is 250 Å². The first-order valence-corrected chi connectivity index (χ1v) is 14.5. The number of piperazine rings is 1. The summed E-state index contributed by atoms with van der Waals surface area (Å²) in [6, 6.07) is 8.32. The van der Waals surface area contributed by atoms with Crippen LogP contribution >= 0.6 is 11.6 Å². The first kappa shape index (κ1) is 31.1. The highest BCUT2D eigenvalue weighted by atomic mass is 35.5. The summed E-state index contributed by atoms with van der Waals surface area (Å²) >= 11 is 5.87. The third-order valence-corrected chi connectivity index (χ3v) is 7.54. The minimum absolute atomic E-state index is 0.00581. The highest BCUT2D eigenvalue weighted by Gasteiger charge is 2.35. The fourth-order valence-corrected chi connectivity index (χ4v) is 5.41. The van der Waals surface area contributed by atoms with Gasteiger partial charge in [0.2, 0.25) is 11.8 Å². The van der Waals surface area contributed by atoms with E-state index in [1.54, 1.807) is 51.1 Å². The predicted molar refractivity (Wildman–Crippen MR) is 158 cm³/mol. The number of benzene rings is 1. The maximum atomic E-state index is 13.4. The van der Waals surface area contributed by atoms with E-state index in [1.807, 2.05) is 4.90 Å². The van der Waals surface area contributed by atoms with Gasteiger partial charge in [0.25, 0.3) is 5.91 Å². The zero-order valence-electron chi connectivity index (χ0n) is 24.4. The Hall–Kier alpha value is -3.86. The topological polar surface area (TPSA) is 130 Å². The van der Waals surface area contributed by atoms with E-state index in [1.165, 1.54) is 18.2 Å². The van der Waals surface area contributed by atoms with Crippen LogP contribution in [0, 0.1) is 0 Å². The number of carbonyl (C=O) groups is 4. The van der Waals surface area contributed by atoms with Crippen molar-refractivity contribution in [1.29, 1.82) is 0 Å². The van der Waals surface area contributed by atoms with Gasteiger partial charge < -0.3 is 25.0 Å². The number of ether oxygens (including phenoxy) is 2. The maximum Gasteiger partial charge on any atom is 0.410 e. The Kier molecular flexibility index (Phi) is 9.93. The number of carbonyl (C=O) groups excluding carboxylic acids is 4. The normalized spacial score (nSPS) is 19.2. The van der Waals surface area contributed by atoms with Gasteiger partial charge in [-0.1, -0.05) is 17.7 Å². The van der Waals surface area contributed by atoms with Gasteiger partial charge in [0.1, 0.15) is 23.7 Å². The molecular weight excluding hydrogens is 562 g/mol. The number of halogens is 1. The average molecular weight is 600 g/mol. The summed E-state index contributed by atoms with van der Waals surface area (Å²) in [4.78, 5) is 58.8. The summed E-state index contributed by atoms with van der Waals surface area (Å²) < 4.78 is 10.9. The van der Waals surface area contributed by atoms with E-state index in [0.717, 1.165) is 12.8 Å². The van der Waals surface area contributed by atoms with Crippen LogP contribution < -0.4 is 15.4 Å². The lowest BCUT2D eigenvalue weighted by Crippen LogP contribution is -2.57. The summed E-state index contributed by atoms with van der Waals surface area (Å²) in [6.45, 7) is 6.29. The molecule has 1 saturated heterocycles. The number of hydrogen-bond donors (Lipinski definition) is 2. The lowest BCUT2D eigenvalue weighted by Gasteiger charge is -2.42. The number of hydrogen-bond acceptors (Lipinski definition) is 7. The van der Waals surface area contributed by atoms with Gasteiger partial charge in [-0.3, -0.25) is 19.3 Å². The smallest absolute Gasteiger partial charge is 0.410 e. The fraction of sp³-hybridized carbons (Fsp3) is 0.500. The third-order valence-electron chi connectivity index (χ3n) is 7.31. The highest BCUT2D eigenvalue weighted by Crippen LogP contribution is 2.27. The van der Waals surface area contributed by atoms with Crippen LogP contribution in [-0.2, 0) is 20.7 Å². The molecule has 11 nitrogen and oxygen atoms in total. The van der Waals surface area contributed by atoms with Gasteiger partial charge in [-0.05, 0) is 70.7 Å². The second-order valence-electron chi connectivity index (χ2n) is 11.5. The van der Waals surface area contributed by atoms with Crippen molar-refractivity contribution in [2.24, 2.45) is 0 Å². The van der Waals surface area contributed by atoms with Crippen LogP contribution in [0.15, 0.2) is 36.5 Å². The molecule has 0 unspecified atom stereocenters. The van der Waals surface area contributed by atoms with Crippen molar-refractivity contribution in [3.05, 3.63) is 52.7 Å². The largest absolute Gasteiger partial charge is 0.496 e. The van der Waals surface area contributed by atoms with Crippen molar-refractivity contribution in [3.63, 3.8) is 0 Å². The second-order valence-corrected chi connectivity index (χ2v) is 12.0. The SMILES string of the molecule is COc1cccc(C(=O)NC2CCC(N3CCN(C(=O)OC(C)(C)C)CC3=O)CC2)c1CC(=O)Nc1ccc(Cl)cn1. The van der Waals surface area contributed by atoms with E-state index >= 15 is 0 Å². The minimum atomic E-state index is -0.618. The maximum absolute atomic E-state index is 13.4. The molecule has 42 heavy (non-hydrogen) atoms. The van der Waals surface area contributed by atoms with Crippen molar-refractivity contribution in [2.75, 3.05) is 32.1 Å². The molecule has 12 heteroatoms. The van der Waals surface area contributed by atoms with Crippen molar-refractivity contribution >= 4 is 41.2 Å². The zero-order chi connectivity index (χ0) is 30.4. The molecule has 226 valence electrons. The average Bonchev–Trinajstić information content (AvgIpc) is 2.94. The van der Waals surface area contributed by atoms with Crippen LogP contribution in [0.3, 0.4) is 0 Å². The number of rotatable bonds is 7. The summed E-state index contributed by atoms with van der Waals surface area (Å²) in [5, 5.41) is 6.28. The number of nitrogens with one attached hydrogen (secondary N) is 2. The standard InChI is InChI=1S/C30H38ClN5O6/c1-30(2,3)42-29(40)35-14-15-36(27(38)18-35)21-11-9-20(10-12-21)33-28(39)22-6-5-7-24(41-4)23(22)16-26(37)34-25-13-8-19(31)17-32-25/h5-8,13,17,20-21H,9-12,14-16,18H2,1-4H3,(H,33,39)(H,32,34,37). The molecular formula is C30H38ClN5O6. The van der Waals surface area contributed by atoms with E-state index in [4.69, 9.17) is 21.1 Å². The van der Waals surface area contributed by atoms with E-state index in [-0.39, 0.29) is 42.8 Å². The van der Waals surface area contributed by atoms with Crippen molar-refractivity contribution in [1.82, 2.24) is 20.1 Å². The molecule has 0 atom stereocenters. The molecule has 0 spiro atoms. The molecule has 2 fully saturated rings. The molecule has 1 aliphatic carbocycles. The molecule has 4 amide bonds. The summed E-state index contributed by atoms with van der Waals surface area (Å²) in [5.74, 6) is 0.0706. The molecule has 0 radical (unpaired) electrons. The molecule has 1 aromatic heterocycles. The number of anilines is 1. The van der Waals surface area contributed by atoms with E-state index in [0.29, 0.717) is 53.6 Å². The minimum Gasteiger partial charge on any atom is -0.496 e. The lowest BCUT2D eigenvalue weighted by molar-refractivity contribution is -0.139. The molecule has 2 N–H and O–H groups in total. The van der Waals surface area contributed by atoms with Gasteiger partial charge in [-0.25, -0.2) is 9.78 Å².